The fourth-order valence-electron chi connectivity index (χ4n) is 3.20. The van der Waals surface area contributed by atoms with Gasteiger partial charge in [0.1, 0.15) is 0 Å². The molecule has 4 aliphatic carbocycles. The second-order valence-corrected chi connectivity index (χ2v) is 5.10. The summed E-state index contributed by atoms with van der Waals surface area (Å²) in [6.07, 6.45) is 1.30. The molecule has 0 aliphatic heterocycles. The first-order valence-electron chi connectivity index (χ1n) is 4.57. The maximum absolute atomic E-state index is 11.4. The number of rotatable bonds is 2. The largest absolute Gasteiger partial charge is 0.342 e. The highest BCUT2D eigenvalue weighted by Crippen LogP contribution is 2.82. The fraction of sp³-hybridized carbons (Fsp3) is 0.889. The van der Waals surface area contributed by atoms with Crippen molar-refractivity contribution in [1.29, 1.82) is 0 Å². The van der Waals surface area contributed by atoms with Crippen molar-refractivity contribution in [3.8, 4) is 0 Å². The van der Waals surface area contributed by atoms with Crippen molar-refractivity contribution in [3.05, 3.63) is 0 Å². The number of hydrogen-bond donors (Lipinski definition) is 0. The lowest BCUT2D eigenvalue weighted by Crippen LogP contribution is -2.37. The van der Waals surface area contributed by atoms with E-state index in [1.165, 1.54) is 6.42 Å². The predicted octanol–water partition coefficient (Wildman–Crippen LogP) is 1.14. The van der Waals surface area contributed by atoms with Gasteiger partial charge in [0.25, 0.3) is 0 Å². The number of nitrogens with zero attached hydrogens (tertiary/aromatic N) is 1. The zero-order valence-electron chi connectivity index (χ0n) is 7.03. The van der Waals surface area contributed by atoms with Gasteiger partial charge in [0.15, 0.2) is 0 Å². The highest BCUT2D eigenvalue weighted by molar-refractivity contribution is 14.1. The summed E-state index contributed by atoms with van der Waals surface area (Å²) in [7, 11) is 1.98. The van der Waals surface area contributed by atoms with Gasteiger partial charge in [0.05, 0.1) is 4.43 Å². The van der Waals surface area contributed by atoms with Gasteiger partial charge in [-0.25, -0.2) is 0 Å². The number of alkyl halides is 1. The standard InChI is InChI=1S/C9H12INO/c1-11(6(12)3-10)5-2-4-7-8(4)9(5)7/h4-5,7-9H,2-3H2,1H3/t4?,5-,7?,8?,9?/m1/s1. The summed E-state index contributed by atoms with van der Waals surface area (Å²) in [4.78, 5) is 13.4. The summed E-state index contributed by atoms with van der Waals surface area (Å²) >= 11 is 2.15. The number of amides is 1. The van der Waals surface area contributed by atoms with E-state index in [2.05, 4.69) is 22.6 Å². The van der Waals surface area contributed by atoms with Crippen molar-refractivity contribution < 1.29 is 4.79 Å². The molecule has 2 bridgehead atoms. The van der Waals surface area contributed by atoms with Gasteiger partial charge in [-0.1, -0.05) is 22.6 Å². The van der Waals surface area contributed by atoms with Crippen LogP contribution in [0.4, 0.5) is 0 Å². The Labute approximate surface area is 85.8 Å². The van der Waals surface area contributed by atoms with Gasteiger partial charge in [0, 0.05) is 13.1 Å². The topological polar surface area (TPSA) is 20.3 Å². The minimum absolute atomic E-state index is 0.313. The lowest BCUT2D eigenvalue weighted by Gasteiger charge is -2.23. The summed E-state index contributed by atoms with van der Waals surface area (Å²) in [6, 6.07) is 0.618. The lowest BCUT2D eigenvalue weighted by molar-refractivity contribution is -0.128. The first kappa shape index (κ1) is 7.59. The van der Waals surface area contributed by atoms with Crippen LogP contribution in [0.5, 0.6) is 0 Å². The van der Waals surface area contributed by atoms with Crippen LogP contribution in [0.2, 0.25) is 0 Å². The average molecular weight is 277 g/mol. The predicted molar refractivity (Wildman–Crippen MR) is 54.0 cm³/mol. The number of carbonyl (C=O) groups is 1. The number of hydrogen-bond acceptors (Lipinski definition) is 1. The van der Waals surface area contributed by atoms with Gasteiger partial charge in [-0.3, -0.25) is 4.79 Å². The van der Waals surface area contributed by atoms with E-state index >= 15 is 0 Å². The third-order valence-corrected chi connectivity index (χ3v) is 4.66. The van der Waals surface area contributed by atoms with Gasteiger partial charge < -0.3 is 4.90 Å². The van der Waals surface area contributed by atoms with E-state index in [1.54, 1.807) is 0 Å². The molecular weight excluding hydrogens is 265 g/mol. The van der Waals surface area contributed by atoms with Crippen molar-refractivity contribution in [2.75, 3.05) is 11.5 Å². The third-order valence-electron chi connectivity index (χ3n) is 4.00. The second-order valence-electron chi connectivity index (χ2n) is 4.34. The highest BCUT2D eigenvalue weighted by Gasteiger charge is 2.81. The highest BCUT2D eigenvalue weighted by atomic mass is 127. The summed E-state index contributed by atoms with van der Waals surface area (Å²) < 4.78 is 0.636. The molecule has 0 N–H and O–H groups in total. The summed E-state index contributed by atoms with van der Waals surface area (Å²) in [6.45, 7) is 0. The molecule has 4 fully saturated rings. The Bertz CT molecular complexity index is 238. The van der Waals surface area contributed by atoms with E-state index in [4.69, 9.17) is 0 Å². The molecule has 0 saturated heterocycles. The molecule has 1 amide bonds. The third kappa shape index (κ3) is 0.738. The van der Waals surface area contributed by atoms with Crippen LogP contribution in [0.15, 0.2) is 0 Å². The van der Waals surface area contributed by atoms with Gasteiger partial charge >= 0.3 is 0 Å². The minimum Gasteiger partial charge on any atom is -0.342 e. The van der Waals surface area contributed by atoms with Crippen molar-refractivity contribution in [2.45, 2.75) is 12.5 Å². The van der Waals surface area contributed by atoms with Crippen molar-refractivity contribution in [1.82, 2.24) is 4.90 Å². The van der Waals surface area contributed by atoms with Crippen LogP contribution in [0.1, 0.15) is 6.42 Å². The van der Waals surface area contributed by atoms with Crippen molar-refractivity contribution in [3.63, 3.8) is 0 Å². The lowest BCUT2D eigenvalue weighted by atomic mass is 10.2. The molecule has 4 rings (SSSR count). The van der Waals surface area contributed by atoms with E-state index in [9.17, 15) is 4.79 Å². The summed E-state index contributed by atoms with van der Waals surface area (Å²) in [5.74, 6) is 4.38. The zero-order valence-corrected chi connectivity index (χ0v) is 9.19. The number of carbonyl (C=O) groups excluding carboxylic acids is 1. The monoisotopic (exact) mass is 277 g/mol. The molecule has 0 aromatic rings. The van der Waals surface area contributed by atoms with E-state index in [0.29, 0.717) is 16.4 Å². The van der Waals surface area contributed by atoms with Crippen LogP contribution in [0, 0.1) is 23.7 Å². The van der Waals surface area contributed by atoms with Crippen LogP contribution >= 0.6 is 22.6 Å². The summed E-state index contributed by atoms with van der Waals surface area (Å²) in [5, 5.41) is 0. The molecule has 3 atom stereocenters. The average Bonchev–Trinajstić information content (AvgIpc) is 2.90. The van der Waals surface area contributed by atoms with Gasteiger partial charge in [-0.05, 0) is 30.1 Å². The molecule has 4 saturated carbocycles. The smallest absolute Gasteiger partial charge is 0.232 e. The van der Waals surface area contributed by atoms with E-state index in [-0.39, 0.29) is 0 Å². The second kappa shape index (κ2) is 2.16. The Balaban J connectivity index is 1.69. The fourth-order valence-corrected chi connectivity index (χ4v) is 3.74. The Kier molecular flexibility index (Phi) is 1.37. The molecule has 3 heteroatoms. The Hall–Kier alpha value is 0.200. The van der Waals surface area contributed by atoms with Crippen LogP contribution in [0.3, 0.4) is 0 Å². The first-order valence-corrected chi connectivity index (χ1v) is 6.10. The van der Waals surface area contributed by atoms with Crippen molar-refractivity contribution in [2.24, 2.45) is 23.7 Å². The minimum atomic E-state index is 0.313. The summed E-state index contributed by atoms with van der Waals surface area (Å²) in [5.41, 5.74) is 0. The molecule has 0 spiro atoms. The van der Waals surface area contributed by atoms with Crippen LogP contribution in [-0.2, 0) is 4.79 Å². The van der Waals surface area contributed by atoms with E-state index in [1.807, 2.05) is 11.9 Å². The van der Waals surface area contributed by atoms with Crippen LogP contribution in [0.25, 0.3) is 0 Å². The number of halogens is 1. The molecule has 2 unspecified atom stereocenters. The first-order chi connectivity index (χ1) is 5.75. The molecule has 2 nitrogen and oxygen atoms in total. The molecular formula is C9H12INO. The molecule has 12 heavy (non-hydrogen) atoms. The van der Waals surface area contributed by atoms with E-state index < -0.39 is 0 Å². The Morgan fingerprint density at radius 2 is 2.17 bits per heavy atom. The normalized spacial score (nSPS) is 51.7. The molecule has 0 aromatic carbocycles. The van der Waals surface area contributed by atoms with Crippen molar-refractivity contribution >= 4 is 28.5 Å². The maximum Gasteiger partial charge on any atom is 0.232 e. The molecule has 0 heterocycles. The number of fused-ring (bicyclic) bond motifs is 1. The maximum atomic E-state index is 11.4. The van der Waals surface area contributed by atoms with Crippen LogP contribution < -0.4 is 0 Å². The molecule has 0 radical (unpaired) electrons. The Morgan fingerprint density at radius 3 is 2.58 bits per heavy atom. The molecule has 66 valence electrons. The molecule has 0 aromatic heterocycles. The molecule has 4 aliphatic rings. The zero-order chi connectivity index (χ0) is 8.46. The Morgan fingerprint density at radius 1 is 1.50 bits per heavy atom. The quantitative estimate of drug-likeness (QED) is 0.547. The van der Waals surface area contributed by atoms with Gasteiger partial charge in [-0.15, -0.1) is 0 Å². The van der Waals surface area contributed by atoms with Gasteiger partial charge in [-0.2, -0.15) is 0 Å². The van der Waals surface area contributed by atoms with Gasteiger partial charge in [0.2, 0.25) is 5.91 Å². The SMILES string of the molecule is CN(C(=O)CI)[C@@H]1CC2C3C2C31. The van der Waals surface area contributed by atoms with E-state index in [0.717, 1.165) is 23.7 Å². The van der Waals surface area contributed by atoms with Crippen LogP contribution in [-0.4, -0.2) is 28.3 Å².